The van der Waals surface area contributed by atoms with Gasteiger partial charge in [-0.15, -0.1) is 0 Å². The third-order valence-electron chi connectivity index (χ3n) is 2.65. The molecule has 2 rings (SSSR count). The van der Waals surface area contributed by atoms with Crippen molar-refractivity contribution in [2.45, 2.75) is 13.1 Å². The number of hydrogen-bond donors (Lipinski definition) is 1. The van der Waals surface area contributed by atoms with E-state index in [9.17, 15) is 10.1 Å². The molecule has 0 aliphatic carbocycles. The molecular weight excluding hydrogens is 268 g/mol. The molecule has 0 aliphatic rings. The van der Waals surface area contributed by atoms with Crippen LogP contribution in [-0.4, -0.2) is 14.7 Å². The van der Waals surface area contributed by atoms with Gasteiger partial charge in [0.1, 0.15) is 0 Å². The van der Waals surface area contributed by atoms with Crippen LogP contribution >= 0.6 is 11.6 Å². The highest BCUT2D eigenvalue weighted by molar-refractivity contribution is 6.31. The number of nitro benzene ring substituents is 1. The molecular formula is C12H13ClN4O2. The van der Waals surface area contributed by atoms with Gasteiger partial charge in [-0.2, -0.15) is 5.10 Å². The number of aromatic nitrogens is 2. The van der Waals surface area contributed by atoms with Crippen molar-refractivity contribution >= 4 is 17.3 Å². The Bertz CT molecular complexity index is 597. The maximum absolute atomic E-state index is 10.6. The third-order valence-corrected chi connectivity index (χ3v) is 3.00. The van der Waals surface area contributed by atoms with Crippen molar-refractivity contribution in [2.24, 2.45) is 7.05 Å². The Hall–Kier alpha value is -1.92. The smallest absolute Gasteiger partial charge is 0.270 e. The molecule has 1 heterocycles. The summed E-state index contributed by atoms with van der Waals surface area (Å²) < 4.78 is 1.73. The van der Waals surface area contributed by atoms with E-state index < -0.39 is 4.92 Å². The van der Waals surface area contributed by atoms with Crippen LogP contribution in [0.2, 0.25) is 5.02 Å². The summed E-state index contributed by atoms with van der Waals surface area (Å²) in [6, 6.07) is 4.48. The molecule has 1 aromatic heterocycles. The second kappa shape index (κ2) is 5.81. The van der Waals surface area contributed by atoms with Crippen LogP contribution in [0.4, 0.5) is 5.69 Å². The molecule has 0 saturated heterocycles. The lowest BCUT2D eigenvalue weighted by molar-refractivity contribution is -0.384. The van der Waals surface area contributed by atoms with Gasteiger partial charge >= 0.3 is 0 Å². The van der Waals surface area contributed by atoms with Crippen molar-refractivity contribution in [3.63, 3.8) is 0 Å². The van der Waals surface area contributed by atoms with Gasteiger partial charge in [-0.25, -0.2) is 0 Å². The summed E-state index contributed by atoms with van der Waals surface area (Å²) in [5.41, 5.74) is 1.90. The molecule has 0 radical (unpaired) electrons. The highest BCUT2D eigenvalue weighted by Crippen LogP contribution is 2.22. The van der Waals surface area contributed by atoms with E-state index in [0.717, 1.165) is 11.1 Å². The lowest BCUT2D eigenvalue weighted by Crippen LogP contribution is -2.12. The number of nitrogens with one attached hydrogen (secondary N) is 1. The summed E-state index contributed by atoms with van der Waals surface area (Å²) in [7, 11) is 1.86. The number of aryl methyl sites for hydroxylation is 1. The van der Waals surface area contributed by atoms with Crippen LogP contribution in [0.5, 0.6) is 0 Å². The van der Waals surface area contributed by atoms with Crippen LogP contribution in [0.1, 0.15) is 11.1 Å². The Morgan fingerprint density at radius 3 is 2.84 bits per heavy atom. The first kappa shape index (κ1) is 13.5. The van der Waals surface area contributed by atoms with Gasteiger partial charge in [-0.3, -0.25) is 14.8 Å². The van der Waals surface area contributed by atoms with Crippen molar-refractivity contribution < 1.29 is 4.92 Å². The number of halogens is 1. The largest absolute Gasteiger partial charge is 0.308 e. The lowest BCUT2D eigenvalue weighted by atomic mass is 10.2. The highest BCUT2D eigenvalue weighted by Gasteiger charge is 2.09. The zero-order chi connectivity index (χ0) is 13.8. The monoisotopic (exact) mass is 280 g/mol. The molecule has 0 bridgehead atoms. The second-order valence-electron chi connectivity index (χ2n) is 4.16. The quantitative estimate of drug-likeness (QED) is 0.673. The fourth-order valence-corrected chi connectivity index (χ4v) is 1.94. The molecule has 1 N–H and O–H groups in total. The van der Waals surface area contributed by atoms with Gasteiger partial charge in [-0.1, -0.05) is 11.6 Å². The van der Waals surface area contributed by atoms with E-state index in [1.165, 1.54) is 12.1 Å². The molecule has 100 valence electrons. The van der Waals surface area contributed by atoms with E-state index in [0.29, 0.717) is 18.1 Å². The molecule has 6 nitrogen and oxygen atoms in total. The molecule has 0 amide bonds. The molecule has 0 unspecified atom stereocenters. The second-order valence-corrected chi connectivity index (χ2v) is 4.57. The summed E-state index contributed by atoms with van der Waals surface area (Å²) >= 11 is 6.00. The Kier molecular flexibility index (Phi) is 4.13. The predicted molar refractivity (Wildman–Crippen MR) is 71.9 cm³/mol. The van der Waals surface area contributed by atoms with E-state index in [-0.39, 0.29) is 5.69 Å². The van der Waals surface area contributed by atoms with Gasteiger partial charge in [0.05, 0.1) is 16.1 Å². The molecule has 0 fully saturated rings. The SMILES string of the molecule is Cn1cc(CNCc2ccc([N+](=O)[O-])cc2Cl)cn1. The molecule has 0 aliphatic heterocycles. The highest BCUT2D eigenvalue weighted by atomic mass is 35.5. The van der Waals surface area contributed by atoms with E-state index in [1.54, 1.807) is 16.9 Å². The van der Waals surface area contributed by atoms with E-state index in [4.69, 9.17) is 11.6 Å². The van der Waals surface area contributed by atoms with Crippen LogP contribution in [0, 0.1) is 10.1 Å². The van der Waals surface area contributed by atoms with Gasteiger partial charge in [0.2, 0.25) is 0 Å². The average molecular weight is 281 g/mol. The third kappa shape index (κ3) is 3.52. The fraction of sp³-hybridized carbons (Fsp3) is 0.250. The van der Waals surface area contributed by atoms with Crippen molar-refractivity contribution in [1.82, 2.24) is 15.1 Å². The number of rotatable bonds is 5. The minimum Gasteiger partial charge on any atom is -0.308 e. The van der Waals surface area contributed by atoms with E-state index >= 15 is 0 Å². The molecule has 19 heavy (non-hydrogen) atoms. The van der Waals surface area contributed by atoms with Crippen LogP contribution in [0.15, 0.2) is 30.6 Å². The topological polar surface area (TPSA) is 73.0 Å². The minimum absolute atomic E-state index is 0.000935. The Morgan fingerprint density at radius 2 is 2.26 bits per heavy atom. The van der Waals surface area contributed by atoms with Crippen molar-refractivity contribution in [1.29, 1.82) is 0 Å². The first-order valence-corrected chi connectivity index (χ1v) is 6.05. The van der Waals surface area contributed by atoms with E-state index in [2.05, 4.69) is 10.4 Å². The van der Waals surface area contributed by atoms with Crippen LogP contribution in [-0.2, 0) is 20.1 Å². The Morgan fingerprint density at radius 1 is 1.47 bits per heavy atom. The predicted octanol–water partition coefficient (Wildman–Crippen LogP) is 2.27. The molecule has 1 aromatic carbocycles. The first-order chi connectivity index (χ1) is 9.06. The molecule has 0 spiro atoms. The first-order valence-electron chi connectivity index (χ1n) is 5.67. The Labute approximate surface area is 115 Å². The Balaban J connectivity index is 1.94. The summed E-state index contributed by atoms with van der Waals surface area (Å²) in [5, 5.41) is 18.3. The van der Waals surface area contributed by atoms with Gasteiger partial charge in [0.25, 0.3) is 5.69 Å². The summed E-state index contributed by atoms with van der Waals surface area (Å²) in [4.78, 5) is 10.1. The lowest BCUT2D eigenvalue weighted by Gasteiger charge is -2.05. The number of nitro groups is 1. The van der Waals surface area contributed by atoms with Crippen LogP contribution in [0.3, 0.4) is 0 Å². The zero-order valence-corrected chi connectivity index (χ0v) is 11.1. The summed E-state index contributed by atoms with van der Waals surface area (Å²) in [6.07, 6.45) is 3.70. The summed E-state index contributed by atoms with van der Waals surface area (Å²) in [5.74, 6) is 0. The summed E-state index contributed by atoms with van der Waals surface area (Å²) in [6.45, 7) is 1.22. The molecule has 0 saturated carbocycles. The van der Waals surface area contributed by atoms with Gasteiger partial charge in [-0.05, 0) is 11.6 Å². The van der Waals surface area contributed by atoms with Gasteiger partial charge in [0.15, 0.2) is 0 Å². The fourth-order valence-electron chi connectivity index (χ4n) is 1.70. The molecule has 2 aromatic rings. The van der Waals surface area contributed by atoms with Gasteiger partial charge in [0, 0.05) is 44.0 Å². The standard InChI is InChI=1S/C12H13ClN4O2/c1-16-8-9(6-15-16)5-14-7-10-2-3-11(17(18)19)4-12(10)13/h2-4,6,8,14H,5,7H2,1H3. The molecule has 7 heteroatoms. The van der Waals surface area contributed by atoms with Crippen molar-refractivity contribution in [2.75, 3.05) is 0 Å². The van der Waals surface area contributed by atoms with Crippen molar-refractivity contribution in [3.05, 3.63) is 56.9 Å². The zero-order valence-electron chi connectivity index (χ0n) is 10.3. The number of non-ortho nitro benzene ring substituents is 1. The van der Waals surface area contributed by atoms with Crippen LogP contribution in [0.25, 0.3) is 0 Å². The maximum Gasteiger partial charge on any atom is 0.270 e. The molecule has 0 atom stereocenters. The van der Waals surface area contributed by atoms with Crippen LogP contribution < -0.4 is 5.32 Å². The van der Waals surface area contributed by atoms with Gasteiger partial charge < -0.3 is 5.32 Å². The number of nitrogens with zero attached hydrogens (tertiary/aromatic N) is 3. The number of hydrogen-bond acceptors (Lipinski definition) is 4. The minimum atomic E-state index is -0.460. The van der Waals surface area contributed by atoms with E-state index in [1.807, 2.05) is 13.2 Å². The van der Waals surface area contributed by atoms with Crippen molar-refractivity contribution in [3.8, 4) is 0 Å². The maximum atomic E-state index is 10.6. The normalized spacial score (nSPS) is 10.6. The number of benzene rings is 1. The average Bonchev–Trinajstić information content (AvgIpc) is 2.77.